The van der Waals surface area contributed by atoms with Gasteiger partial charge in [0.15, 0.2) is 0 Å². The van der Waals surface area contributed by atoms with Crippen LogP contribution in [0.15, 0.2) is 48.5 Å². The predicted octanol–water partition coefficient (Wildman–Crippen LogP) is 5.11. The van der Waals surface area contributed by atoms with Crippen LogP contribution in [0.1, 0.15) is 73.8 Å². The number of nitrogens with one attached hydrogen (secondary N) is 1. The van der Waals surface area contributed by atoms with E-state index in [-0.39, 0.29) is 25.5 Å². The van der Waals surface area contributed by atoms with Gasteiger partial charge in [0.2, 0.25) is 12.7 Å². The molecular weight excluding hydrogens is 567 g/mol. The largest absolute Gasteiger partial charge is 0.428 e. The molecule has 0 saturated carbocycles. The molecule has 2 saturated heterocycles. The minimum atomic E-state index is -4.51. The van der Waals surface area contributed by atoms with Crippen LogP contribution in [0.2, 0.25) is 0 Å². The van der Waals surface area contributed by atoms with Crippen molar-refractivity contribution in [1.29, 1.82) is 0 Å². The van der Waals surface area contributed by atoms with E-state index in [0.717, 1.165) is 17.7 Å². The number of alkyl halides is 3. The standard InChI is InChI=1S/C31H38F3N3O6/c1-21-15-23(17-25(16-21)31(32,33)34)22(2)41-19-30(24-7-4-3-5-8-24)13-12-29(11-10-26(38)36-29)18-37(30)28(40)43-20-42-27(39)9-6-14-35/h3-5,7-8,15-17,22H,6,9-14,18-20,35H2,1-2H3,(H,36,38)/t22-,29-,30-/m1/s1. The number of esters is 1. The van der Waals surface area contributed by atoms with Crippen LogP contribution in [0, 0.1) is 6.92 Å². The fourth-order valence-corrected chi connectivity index (χ4v) is 5.83. The molecule has 2 aromatic rings. The first-order valence-electron chi connectivity index (χ1n) is 14.3. The molecule has 0 aliphatic carbocycles. The number of aryl methyl sites for hydroxylation is 1. The van der Waals surface area contributed by atoms with Gasteiger partial charge in [-0.3, -0.25) is 14.5 Å². The number of rotatable bonds is 10. The molecule has 2 aliphatic rings. The van der Waals surface area contributed by atoms with Crippen LogP contribution < -0.4 is 11.1 Å². The van der Waals surface area contributed by atoms with Crippen LogP contribution in [0.25, 0.3) is 0 Å². The maximum absolute atomic E-state index is 13.7. The third-order valence-electron chi connectivity index (χ3n) is 8.22. The van der Waals surface area contributed by atoms with E-state index in [2.05, 4.69) is 5.32 Å². The van der Waals surface area contributed by atoms with Crippen molar-refractivity contribution in [3.8, 4) is 0 Å². The van der Waals surface area contributed by atoms with Crippen LogP contribution in [0.4, 0.5) is 18.0 Å². The molecule has 43 heavy (non-hydrogen) atoms. The number of ether oxygens (including phenoxy) is 3. The van der Waals surface area contributed by atoms with Gasteiger partial charge in [0.05, 0.1) is 29.4 Å². The zero-order valence-corrected chi connectivity index (χ0v) is 24.4. The molecule has 2 aliphatic heterocycles. The maximum Gasteiger partial charge on any atom is 0.416 e. The smallest absolute Gasteiger partial charge is 0.416 e. The van der Waals surface area contributed by atoms with Gasteiger partial charge in [0.1, 0.15) is 0 Å². The summed E-state index contributed by atoms with van der Waals surface area (Å²) in [5.74, 6) is -0.668. The first-order valence-corrected chi connectivity index (χ1v) is 14.3. The number of nitrogens with zero attached hydrogens (tertiary/aromatic N) is 1. The summed E-state index contributed by atoms with van der Waals surface area (Å²) in [6, 6.07) is 13.0. The van der Waals surface area contributed by atoms with Crippen molar-refractivity contribution in [2.24, 2.45) is 5.73 Å². The number of hydrogen-bond donors (Lipinski definition) is 2. The molecule has 234 valence electrons. The van der Waals surface area contributed by atoms with E-state index in [1.54, 1.807) is 19.9 Å². The van der Waals surface area contributed by atoms with Crippen LogP contribution in [0.5, 0.6) is 0 Å². The van der Waals surface area contributed by atoms with Gasteiger partial charge in [-0.15, -0.1) is 0 Å². The Kier molecular flexibility index (Phi) is 10.0. The molecule has 2 fully saturated rings. The Morgan fingerprint density at radius 1 is 1.09 bits per heavy atom. The molecule has 9 nitrogen and oxygen atoms in total. The molecule has 4 rings (SSSR count). The lowest BCUT2D eigenvalue weighted by atomic mass is 9.74. The van der Waals surface area contributed by atoms with E-state index in [1.807, 2.05) is 30.3 Å². The van der Waals surface area contributed by atoms with Gasteiger partial charge >= 0.3 is 18.2 Å². The third kappa shape index (κ3) is 7.66. The average Bonchev–Trinajstić information content (AvgIpc) is 3.34. The molecular formula is C31H38F3N3O6. The summed E-state index contributed by atoms with van der Waals surface area (Å²) in [6.07, 6.45) is -3.77. The van der Waals surface area contributed by atoms with Gasteiger partial charge in [-0.1, -0.05) is 42.0 Å². The van der Waals surface area contributed by atoms with Crippen molar-refractivity contribution in [2.75, 3.05) is 26.5 Å². The number of benzene rings is 2. The lowest BCUT2D eigenvalue weighted by molar-refractivity contribution is -0.154. The first kappa shape index (κ1) is 32.3. The Hall–Kier alpha value is -3.64. The van der Waals surface area contributed by atoms with Crippen molar-refractivity contribution in [1.82, 2.24) is 10.2 Å². The van der Waals surface area contributed by atoms with E-state index in [9.17, 15) is 27.6 Å². The second-order valence-electron chi connectivity index (χ2n) is 11.3. The number of likely N-dealkylation sites (tertiary alicyclic amines) is 1. The second-order valence-corrected chi connectivity index (χ2v) is 11.3. The van der Waals surface area contributed by atoms with E-state index >= 15 is 0 Å². The predicted molar refractivity (Wildman–Crippen MR) is 150 cm³/mol. The topological polar surface area (TPSA) is 120 Å². The molecule has 3 atom stereocenters. The van der Waals surface area contributed by atoms with Gasteiger partial charge in [0.25, 0.3) is 0 Å². The highest BCUT2D eigenvalue weighted by Gasteiger charge is 2.54. The molecule has 1 spiro atoms. The summed E-state index contributed by atoms with van der Waals surface area (Å²) in [7, 11) is 0. The summed E-state index contributed by atoms with van der Waals surface area (Å²) < 4.78 is 57.4. The summed E-state index contributed by atoms with van der Waals surface area (Å²) >= 11 is 0. The highest BCUT2D eigenvalue weighted by atomic mass is 19.4. The highest BCUT2D eigenvalue weighted by molar-refractivity contribution is 5.80. The number of carbonyl (C=O) groups excluding carboxylic acids is 3. The van der Waals surface area contributed by atoms with Gasteiger partial charge in [-0.2, -0.15) is 13.2 Å². The zero-order chi connectivity index (χ0) is 31.3. The fraction of sp³-hybridized carbons (Fsp3) is 0.516. The molecule has 3 N–H and O–H groups in total. The van der Waals surface area contributed by atoms with Gasteiger partial charge in [-0.05, 0) is 69.3 Å². The second kappa shape index (κ2) is 13.3. The zero-order valence-electron chi connectivity index (χ0n) is 24.4. The number of amides is 2. The monoisotopic (exact) mass is 605 g/mol. The van der Waals surface area contributed by atoms with Crippen molar-refractivity contribution in [2.45, 2.75) is 75.7 Å². The van der Waals surface area contributed by atoms with Crippen LogP contribution in [0.3, 0.4) is 0 Å². The summed E-state index contributed by atoms with van der Waals surface area (Å²) in [4.78, 5) is 39.4. The molecule has 0 unspecified atom stereocenters. The molecule has 0 radical (unpaired) electrons. The lowest BCUT2D eigenvalue weighted by Crippen LogP contribution is -2.65. The SMILES string of the molecule is Cc1cc([C@@H](C)OC[C@@]2(c3ccccc3)CC[C@]3(CCC(=O)N3)CN2C(=O)OCOC(=O)CCCN)cc(C(F)(F)F)c1. The fourth-order valence-electron chi connectivity index (χ4n) is 5.83. The van der Waals surface area contributed by atoms with Gasteiger partial charge in [-0.25, -0.2) is 4.79 Å². The van der Waals surface area contributed by atoms with Gasteiger partial charge in [0, 0.05) is 19.4 Å². The number of halogens is 3. The summed E-state index contributed by atoms with van der Waals surface area (Å²) in [5.41, 5.74) is 4.44. The Labute approximate surface area is 248 Å². The van der Waals surface area contributed by atoms with Crippen molar-refractivity contribution in [3.63, 3.8) is 0 Å². The average molecular weight is 606 g/mol. The molecule has 0 bridgehead atoms. The van der Waals surface area contributed by atoms with Crippen LogP contribution >= 0.6 is 0 Å². The Balaban J connectivity index is 1.63. The van der Waals surface area contributed by atoms with E-state index < -0.39 is 47.8 Å². The number of carbonyl (C=O) groups is 3. The lowest BCUT2D eigenvalue weighted by Gasteiger charge is -2.52. The Morgan fingerprint density at radius 3 is 2.49 bits per heavy atom. The minimum absolute atomic E-state index is 0.0666. The molecule has 2 heterocycles. The van der Waals surface area contributed by atoms with Crippen LogP contribution in [-0.2, 0) is 35.5 Å². The van der Waals surface area contributed by atoms with Crippen molar-refractivity contribution in [3.05, 3.63) is 70.8 Å². The van der Waals surface area contributed by atoms with Crippen molar-refractivity contribution >= 4 is 18.0 Å². The Bertz CT molecular complexity index is 1310. The molecule has 2 aromatic carbocycles. The minimum Gasteiger partial charge on any atom is -0.428 e. The van der Waals surface area contributed by atoms with Gasteiger partial charge < -0.3 is 25.3 Å². The normalized spacial score (nSPS) is 22.7. The highest BCUT2D eigenvalue weighted by Crippen LogP contribution is 2.45. The summed E-state index contributed by atoms with van der Waals surface area (Å²) in [5, 5.41) is 3.03. The molecule has 12 heteroatoms. The van der Waals surface area contributed by atoms with E-state index in [0.29, 0.717) is 49.8 Å². The van der Waals surface area contributed by atoms with Crippen LogP contribution in [-0.4, -0.2) is 54.9 Å². The quantitative estimate of drug-likeness (QED) is 0.285. The third-order valence-corrected chi connectivity index (χ3v) is 8.22. The summed E-state index contributed by atoms with van der Waals surface area (Å²) in [6.45, 7) is 3.00. The molecule has 0 aromatic heterocycles. The maximum atomic E-state index is 13.7. The Morgan fingerprint density at radius 2 is 1.84 bits per heavy atom. The van der Waals surface area contributed by atoms with E-state index in [4.69, 9.17) is 19.9 Å². The number of hydrogen-bond acceptors (Lipinski definition) is 7. The number of nitrogens with two attached hydrogens (primary N) is 1. The van der Waals surface area contributed by atoms with Crippen molar-refractivity contribution < 1.29 is 41.8 Å². The first-order chi connectivity index (χ1) is 20.4. The number of piperidine rings is 1. The van der Waals surface area contributed by atoms with E-state index in [1.165, 1.54) is 4.90 Å². The molecule has 2 amide bonds.